The Balaban J connectivity index is 1.63. The third-order valence-electron chi connectivity index (χ3n) is 9.58. The lowest BCUT2D eigenvalue weighted by atomic mass is 9.77. The van der Waals surface area contributed by atoms with Crippen LogP contribution in [0.3, 0.4) is 0 Å². The lowest BCUT2D eigenvalue weighted by Crippen LogP contribution is -2.57. The van der Waals surface area contributed by atoms with E-state index in [2.05, 4.69) is 17.6 Å². The van der Waals surface area contributed by atoms with Crippen LogP contribution in [0.4, 0.5) is 0 Å². The molecule has 0 bridgehead atoms. The Bertz CT molecular complexity index is 836. The fraction of sp³-hybridized carbons (Fsp3) is 0.914. The summed E-state index contributed by atoms with van der Waals surface area (Å²) in [6.07, 6.45) is 19.0. The van der Waals surface area contributed by atoms with E-state index in [1.807, 2.05) is 20.8 Å². The maximum absolute atomic E-state index is 13.0. The Hall–Kier alpha value is -1.67. The highest BCUT2D eigenvalue weighted by Crippen LogP contribution is 2.35. The van der Waals surface area contributed by atoms with Crippen molar-refractivity contribution in [2.75, 3.05) is 13.2 Å². The number of hydrogen-bond acceptors (Lipinski definition) is 5. The summed E-state index contributed by atoms with van der Waals surface area (Å²) in [5, 5.41) is 16.0. The highest BCUT2D eigenvalue weighted by Gasteiger charge is 2.46. The lowest BCUT2D eigenvalue weighted by molar-refractivity contribution is -0.304. The predicted octanol–water partition coefficient (Wildman–Crippen LogP) is 7.38. The van der Waals surface area contributed by atoms with Crippen LogP contribution < -0.4 is 10.6 Å². The molecule has 2 aliphatic rings. The second-order valence-corrected chi connectivity index (χ2v) is 14.6. The van der Waals surface area contributed by atoms with Gasteiger partial charge in [0.25, 0.3) is 0 Å². The molecular weight excluding hydrogens is 544 g/mol. The zero-order valence-electron chi connectivity index (χ0n) is 28.3. The number of carbonyl (C=O) groups excluding carboxylic acids is 2. The van der Waals surface area contributed by atoms with Gasteiger partial charge in [0.05, 0.1) is 12.5 Å². The van der Waals surface area contributed by atoms with Crippen LogP contribution in [0.15, 0.2) is 0 Å². The fourth-order valence-corrected chi connectivity index (χ4v) is 6.51. The Kier molecular flexibility index (Phi) is 16.6. The van der Waals surface area contributed by atoms with E-state index in [1.165, 1.54) is 70.6 Å². The average Bonchev–Trinajstić information content (AvgIpc) is 2.95. The molecule has 3 atom stereocenters. The SMILES string of the molecule is CCCCCCCCCCCCCCC(C)C(=O)NC1CCC(C(CNC(=O)C2OC(C)(C)OCC2(C)C)C(=O)O)CC1. The van der Waals surface area contributed by atoms with Crippen molar-refractivity contribution in [3.63, 3.8) is 0 Å². The van der Waals surface area contributed by atoms with Gasteiger partial charge in [-0.25, -0.2) is 0 Å². The van der Waals surface area contributed by atoms with Crippen LogP contribution in [0, 0.1) is 23.2 Å². The van der Waals surface area contributed by atoms with Crippen molar-refractivity contribution in [2.45, 2.75) is 169 Å². The molecule has 1 aliphatic carbocycles. The number of carboxylic acid groups (broad SMARTS) is 1. The number of carbonyl (C=O) groups is 3. The first-order chi connectivity index (χ1) is 20.4. The summed E-state index contributed by atoms with van der Waals surface area (Å²) in [5.41, 5.74) is -0.515. The third kappa shape index (κ3) is 13.9. The van der Waals surface area contributed by atoms with Gasteiger partial charge in [-0.3, -0.25) is 14.4 Å². The van der Waals surface area contributed by atoms with Crippen molar-refractivity contribution in [1.82, 2.24) is 10.6 Å². The Morgan fingerprint density at radius 2 is 1.37 bits per heavy atom. The van der Waals surface area contributed by atoms with Crippen molar-refractivity contribution in [1.29, 1.82) is 0 Å². The van der Waals surface area contributed by atoms with Crippen LogP contribution in [0.5, 0.6) is 0 Å². The standard InChI is InChI=1S/C35H64N2O6/c1-7-8-9-10-11-12-13-14-15-16-17-18-19-26(2)31(38)37-28-22-20-27(21-23-28)29(33(40)41)24-36-32(39)30-34(3,4)25-42-35(5,6)43-30/h26-30H,7-25H2,1-6H3,(H,36,39)(H,37,38)(H,40,41). The monoisotopic (exact) mass is 608 g/mol. The maximum Gasteiger partial charge on any atom is 0.308 e. The summed E-state index contributed by atoms with van der Waals surface area (Å²) in [4.78, 5) is 38.0. The smallest absolute Gasteiger partial charge is 0.308 e. The number of hydrogen-bond donors (Lipinski definition) is 3. The van der Waals surface area contributed by atoms with E-state index in [0.717, 1.165) is 38.5 Å². The first-order valence-corrected chi connectivity index (χ1v) is 17.5. The van der Waals surface area contributed by atoms with Crippen molar-refractivity contribution in [3.05, 3.63) is 0 Å². The van der Waals surface area contributed by atoms with Crippen LogP contribution in [0.25, 0.3) is 0 Å². The number of aliphatic carboxylic acids is 1. The lowest BCUT2D eigenvalue weighted by Gasteiger charge is -2.44. The molecule has 0 aromatic carbocycles. The molecular formula is C35H64N2O6. The minimum absolute atomic E-state index is 0.00413. The van der Waals surface area contributed by atoms with Gasteiger partial charge in [0.15, 0.2) is 5.79 Å². The van der Waals surface area contributed by atoms with Gasteiger partial charge in [-0.15, -0.1) is 0 Å². The molecule has 3 N–H and O–H groups in total. The number of rotatable bonds is 20. The normalized spacial score (nSPS) is 24.6. The Labute approximate surface area is 262 Å². The van der Waals surface area contributed by atoms with Crippen LogP contribution in [-0.4, -0.2) is 54.0 Å². The van der Waals surface area contributed by atoms with Crippen molar-refractivity contribution < 1.29 is 29.0 Å². The van der Waals surface area contributed by atoms with Crippen molar-refractivity contribution in [2.24, 2.45) is 23.2 Å². The minimum atomic E-state index is -0.892. The van der Waals surface area contributed by atoms with Crippen molar-refractivity contribution >= 4 is 17.8 Å². The largest absolute Gasteiger partial charge is 0.481 e. The molecule has 1 saturated carbocycles. The number of ether oxygens (including phenoxy) is 2. The number of carboxylic acids is 1. The Morgan fingerprint density at radius 1 is 0.837 bits per heavy atom. The predicted molar refractivity (Wildman–Crippen MR) is 172 cm³/mol. The molecule has 1 aliphatic heterocycles. The van der Waals surface area contributed by atoms with E-state index in [9.17, 15) is 19.5 Å². The van der Waals surface area contributed by atoms with Crippen LogP contribution in [0.2, 0.25) is 0 Å². The topological polar surface area (TPSA) is 114 Å². The highest BCUT2D eigenvalue weighted by molar-refractivity contribution is 5.82. The van der Waals surface area contributed by atoms with E-state index in [4.69, 9.17) is 9.47 Å². The quantitative estimate of drug-likeness (QED) is 0.124. The average molecular weight is 609 g/mol. The molecule has 2 fully saturated rings. The van der Waals surface area contributed by atoms with Gasteiger partial charge in [-0.05, 0) is 51.9 Å². The van der Waals surface area contributed by atoms with Gasteiger partial charge in [0.1, 0.15) is 6.10 Å². The number of nitrogens with one attached hydrogen (secondary N) is 2. The zero-order chi connectivity index (χ0) is 31.9. The van der Waals surface area contributed by atoms with Gasteiger partial charge in [0.2, 0.25) is 11.8 Å². The minimum Gasteiger partial charge on any atom is -0.481 e. The molecule has 0 spiro atoms. The molecule has 2 amide bonds. The summed E-state index contributed by atoms with van der Waals surface area (Å²) in [5.74, 6) is -2.63. The molecule has 8 heteroatoms. The van der Waals surface area contributed by atoms with Gasteiger partial charge in [0, 0.05) is 23.9 Å². The molecule has 250 valence electrons. The van der Waals surface area contributed by atoms with E-state index in [0.29, 0.717) is 6.61 Å². The molecule has 3 unspecified atom stereocenters. The first kappa shape index (κ1) is 37.5. The molecule has 2 rings (SSSR count). The summed E-state index contributed by atoms with van der Waals surface area (Å²) in [6, 6.07) is 0.0934. The van der Waals surface area contributed by atoms with Gasteiger partial charge in [-0.1, -0.05) is 105 Å². The molecule has 0 aromatic heterocycles. The summed E-state index contributed by atoms with van der Waals surface area (Å²) in [6.45, 7) is 12.1. The summed E-state index contributed by atoms with van der Waals surface area (Å²) >= 11 is 0. The van der Waals surface area contributed by atoms with Crippen LogP contribution in [0.1, 0.15) is 151 Å². The molecule has 0 radical (unpaired) electrons. The third-order valence-corrected chi connectivity index (χ3v) is 9.58. The molecule has 1 heterocycles. The van der Waals surface area contributed by atoms with E-state index >= 15 is 0 Å². The van der Waals surface area contributed by atoms with Gasteiger partial charge < -0.3 is 25.2 Å². The first-order valence-electron chi connectivity index (χ1n) is 17.5. The molecule has 8 nitrogen and oxygen atoms in total. The molecule has 1 saturated heterocycles. The number of unbranched alkanes of at least 4 members (excludes halogenated alkanes) is 11. The number of amides is 2. The highest BCUT2D eigenvalue weighted by atomic mass is 16.7. The van der Waals surface area contributed by atoms with E-state index < -0.39 is 29.2 Å². The van der Waals surface area contributed by atoms with Crippen LogP contribution >= 0.6 is 0 Å². The Morgan fingerprint density at radius 3 is 1.91 bits per heavy atom. The van der Waals surface area contributed by atoms with Gasteiger partial charge >= 0.3 is 5.97 Å². The van der Waals surface area contributed by atoms with E-state index in [1.54, 1.807) is 13.8 Å². The van der Waals surface area contributed by atoms with Crippen molar-refractivity contribution in [3.8, 4) is 0 Å². The van der Waals surface area contributed by atoms with Gasteiger partial charge in [-0.2, -0.15) is 0 Å². The zero-order valence-corrected chi connectivity index (χ0v) is 28.3. The summed E-state index contributed by atoms with van der Waals surface area (Å²) in [7, 11) is 0. The van der Waals surface area contributed by atoms with Crippen LogP contribution in [-0.2, 0) is 23.9 Å². The molecule has 0 aromatic rings. The fourth-order valence-electron chi connectivity index (χ4n) is 6.51. The summed E-state index contributed by atoms with van der Waals surface area (Å²) < 4.78 is 11.6. The second kappa shape index (κ2) is 19.0. The molecule has 43 heavy (non-hydrogen) atoms. The van der Waals surface area contributed by atoms with E-state index in [-0.39, 0.29) is 36.2 Å². The maximum atomic E-state index is 13.0. The second-order valence-electron chi connectivity index (χ2n) is 14.6.